The summed E-state index contributed by atoms with van der Waals surface area (Å²) in [6.07, 6.45) is -0.882. The van der Waals surface area contributed by atoms with E-state index < -0.39 is 12.1 Å². The number of methoxy groups -OCH3 is 1. The third-order valence-corrected chi connectivity index (χ3v) is 3.68. The maximum atomic E-state index is 12.3. The summed E-state index contributed by atoms with van der Waals surface area (Å²) in [4.78, 5) is 24.2. The van der Waals surface area contributed by atoms with Crippen molar-refractivity contribution in [1.29, 1.82) is 0 Å². The molecule has 0 heterocycles. The van der Waals surface area contributed by atoms with Crippen molar-refractivity contribution >= 4 is 27.8 Å². The van der Waals surface area contributed by atoms with Crippen molar-refractivity contribution in [3.63, 3.8) is 0 Å². The van der Waals surface area contributed by atoms with Crippen LogP contribution in [0.4, 0.5) is 0 Å². The minimum atomic E-state index is -0.882. The highest BCUT2D eigenvalue weighted by Crippen LogP contribution is 2.36. The first-order chi connectivity index (χ1) is 11.3. The molecule has 1 N–H and O–H groups in total. The Kier molecular flexibility index (Phi) is 8.04. The topological polar surface area (TPSA) is 73.9 Å². The lowest BCUT2D eigenvalue weighted by atomic mass is 10.2. The van der Waals surface area contributed by atoms with E-state index in [1.54, 1.807) is 6.07 Å². The third-order valence-electron chi connectivity index (χ3n) is 3.09. The molecule has 1 amide bonds. The Morgan fingerprint density at radius 3 is 2.46 bits per heavy atom. The molecule has 1 atom stereocenters. The number of amides is 1. The fourth-order valence-electron chi connectivity index (χ4n) is 1.88. The van der Waals surface area contributed by atoms with E-state index in [2.05, 4.69) is 21.2 Å². The molecule has 0 saturated carbocycles. The molecule has 0 unspecified atom stereocenters. The lowest BCUT2D eigenvalue weighted by molar-refractivity contribution is -0.129. The third kappa shape index (κ3) is 5.70. The fourth-order valence-corrected chi connectivity index (χ4v) is 2.48. The summed E-state index contributed by atoms with van der Waals surface area (Å²) in [5.74, 6) is 0.318. The van der Waals surface area contributed by atoms with Crippen LogP contribution in [-0.4, -0.2) is 38.2 Å². The quantitative estimate of drug-likeness (QED) is 0.677. The maximum Gasteiger partial charge on any atom is 0.339 e. The van der Waals surface area contributed by atoms with Crippen LogP contribution in [0.15, 0.2) is 16.6 Å². The van der Waals surface area contributed by atoms with Crippen molar-refractivity contribution in [3.05, 3.63) is 22.2 Å². The van der Waals surface area contributed by atoms with Gasteiger partial charge in [-0.3, -0.25) is 4.79 Å². The van der Waals surface area contributed by atoms with Gasteiger partial charge in [0.05, 0.1) is 23.8 Å². The Labute approximate surface area is 151 Å². The molecule has 0 aliphatic heterocycles. The lowest BCUT2D eigenvalue weighted by Gasteiger charge is -2.16. The molecule has 0 bridgehead atoms. The summed E-state index contributed by atoms with van der Waals surface area (Å²) in [7, 11) is 1.52. The van der Waals surface area contributed by atoms with Crippen LogP contribution in [-0.2, 0) is 9.53 Å². The Morgan fingerprint density at radius 1 is 1.25 bits per heavy atom. The molecule has 0 fully saturated rings. The van der Waals surface area contributed by atoms with Crippen molar-refractivity contribution < 1.29 is 23.8 Å². The van der Waals surface area contributed by atoms with Crippen LogP contribution in [0.1, 0.15) is 38.1 Å². The zero-order valence-electron chi connectivity index (χ0n) is 14.6. The van der Waals surface area contributed by atoms with Gasteiger partial charge in [-0.25, -0.2) is 4.79 Å². The molecule has 24 heavy (non-hydrogen) atoms. The minimum absolute atomic E-state index is 0.273. The number of hydrogen-bond acceptors (Lipinski definition) is 5. The van der Waals surface area contributed by atoms with Crippen LogP contribution in [0, 0.1) is 5.92 Å². The van der Waals surface area contributed by atoms with Gasteiger partial charge in [0.25, 0.3) is 5.91 Å². The summed E-state index contributed by atoms with van der Waals surface area (Å²) in [5, 5.41) is 2.73. The first-order valence-corrected chi connectivity index (χ1v) is 8.58. The summed E-state index contributed by atoms with van der Waals surface area (Å²) in [6.45, 7) is 8.30. The standard InChI is InChI=1S/C17H24BrNO5/c1-6-23-14-8-12(7-13(18)15(14)22-5)17(21)24-11(4)16(20)19-9-10(2)3/h7-8,10-11H,6,9H2,1-5H3,(H,19,20)/t11-/m1/s1. The Morgan fingerprint density at radius 2 is 1.92 bits per heavy atom. The first kappa shape index (κ1) is 20.3. The van der Waals surface area contributed by atoms with Crippen LogP contribution >= 0.6 is 15.9 Å². The number of nitrogens with one attached hydrogen (secondary N) is 1. The fraction of sp³-hybridized carbons (Fsp3) is 0.529. The van der Waals surface area contributed by atoms with Crippen molar-refractivity contribution in [2.75, 3.05) is 20.3 Å². The van der Waals surface area contributed by atoms with Crippen LogP contribution in [0.5, 0.6) is 11.5 Å². The number of benzene rings is 1. The van der Waals surface area contributed by atoms with E-state index in [9.17, 15) is 9.59 Å². The molecule has 1 rings (SSSR count). The smallest absolute Gasteiger partial charge is 0.339 e. The second-order valence-corrected chi connectivity index (χ2v) is 6.46. The highest BCUT2D eigenvalue weighted by molar-refractivity contribution is 9.10. The molecule has 6 nitrogen and oxygen atoms in total. The molecule has 0 radical (unpaired) electrons. The molecule has 0 aromatic heterocycles. The molecule has 0 saturated heterocycles. The van der Waals surface area contributed by atoms with Gasteiger partial charge in [0.1, 0.15) is 0 Å². The van der Waals surface area contributed by atoms with E-state index in [1.165, 1.54) is 20.1 Å². The molecule has 7 heteroatoms. The van der Waals surface area contributed by atoms with Gasteiger partial charge in [-0.2, -0.15) is 0 Å². The monoisotopic (exact) mass is 401 g/mol. The predicted octanol–water partition coefficient (Wildman–Crippen LogP) is 3.17. The summed E-state index contributed by atoms with van der Waals surface area (Å²) in [6, 6.07) is 3.11. The number of rotatable bonds is 8. The van der Waals surface area contributed by atoms with Gasteiger partial charge in [0, 0.05) is 6.54 Å². The molecule has 134 valence electrons. The SMILES string of the molecule is CCOc1cc(C(=O)O[C@H](C)C(=O)NCC(C)C)cc(Br)c1OC. The number of hydrogen-bond donors (Lipinski definition) is 1. The number of carbonyl (C=O) groups is 2. The highest BCUT2D eigenvalue weighted by Gasteiger charge is 2.21. The highest BCUT2D eigenvalue weighted by atomic mass is 79.9. The first-order valence-electron chi connectivity index (χ1n) is 7.79. The molecule has 1 aromatic rings. The van der Waals surface area contributed by atoms with E-state index in [0.29, 0.717) is 35.0 Å². The predicted molar refractivity (Wildman–Crippen MR) is 94.6 cm³/mol. The molecule has 0 aliphatic rings. The summed E-state index contributed by atoms with van der Waals surface area (Å²) < 4.78 is 16.5. The van der Waals surface area contributed by atoms with Gasteiger partial charge in [-0.15, -0.1) is 0 Å². The summed E-state index contributed by atoms with van der Waals surface area (Å²) >= 11 is 3.34. The second-order valence-electron chi connectivity index (χ2n) is 5.61. The van der Waals surface area contributed by atoms with Crippen LogP contribution in [0.25, 0.3) is 0 Å². The normalized spacial score (nSPS) is 11.8. The Hall–Kier alpha value is -1.76. The van der Waals surface area contributed by atoms with E-state index in [-0.39, 0.29) is 11.5 Å². The zero-order chi connectivity index (χ0) is 18.3. The average Bonchev–Trinajstić information content (AvgIpc) is 2.52. The van der Waals surface area contributed by atoms with Crippen molar-refractivity contribution in [2.24, 2.45) is 5.92 Å². The Balaban J connectivity index is 2.85. The number of carbonyl (C=O) groups excluding carboxylic acids is 2. The summed E-state index contributed by atoms with van der Waals surface area (Å²) in [5.41, 5.74) is 0.273. The average molecular weight is 402 g/mol. The zero-order valence-corrected chi connectivity index (χ0v) is 16.2. The number of ether oxygens (including phenoxy) is 3. The molecule has 0 spiro atoms. The largest absolute Gasteiger partial charge is 0.492 e. The van der Waals surface area contributed by atoms with E-state index in [4.69, 9.17) is 14.2 Å². The second kappa shape index (κ2) is 9.52. The Bertz CT molecular complexity index is 589. The van der Waals surface area contributed by atoms with Crippen molar-refractivity contribution in [2.45, 2.75) is 33.8 Å². The number of halogens is 1. The van der Waals surface area contributed by atoms with Gasteiger partial charge >= 0.3 is 5.97 Å². The van der Waals surface area contributed by atoms with Gasteiger partial charge in [-0.05, 0) is 47.8 Å². The van der Waals surface area contributed by atoms with Gasteiger partial charge < -0.3 is 19.5 Å². The lowest BCUT2D eigenvalue weighted by Crippen LogP contribution is -2.37. The van der Waals surface area contributed by atoms with E-state index in [1.807, 2.05) is 20.8 Å². The van der Waals surface area contributed by atoms with Gasteiger partial charge in [0.2, 0.25) is 0 Å². The molecule has 1 aromatic carbocycles. The van der Waals surface area contributed by atoms with Crippen LogP contribution in [0.3, 0.4) is 0 Å². The van der Waals surface area contributed by atoms with Crippen LogP contribution < -0.4 is 14.8 Å². The molecular weight excluding hydrogens is 378 g/mol. The van der Waals surface area contributed by atoms with Gasteiger partial charge in [0.15, 0.2) is 17.6 Å². The van der Waals surface area contributed by atoms with Gasteiger partial charge in [-0.1, -0.05) is 13.8 Å². The van der Waals surface area contributed by atoms with E-state index >= 15 is 0 Å². The molecule has 0 aliphatic carbocycles. The van der Waals surface area contributed by atoms with E-state index in [0.717, 1.165) is 0 Å². The van der Waals surface area contributed by atoms with Crippen molar-refractivity contribution in [1.82, 2.24) is 5.32 Å². The maximum absolute atomic E-state index is 12.3. The molecular formula is C17H24BrNO5. The number of esters is 1. The van der Waals surface area contributed by atoms with Crippen molar-refractivity contribution in [3.8, 4) is 11.5 Å². The van der Waals surface area contributed by atoms with Crippen LogP contribution in [0.2, 0.25) is 0 Å². The minimum Gasteiger partial charge on any atom is -0.492 e.